The van der Waals surface area contributed by atoms with Gasteiger partial charge in [-0.15, -0.1) is 0 Å². The van der Waals surface area contributed by atoms with Gasteiger partial charge in [-0.05, 0) is 25.8 Å². The van der Waals surface area contributed by atoms with E-state index >= 15 is 0 Å². The fraction of sp³-hybridized carbons (Fsp3) is 0.833. The van der Waals surface area contributed by atoms with Crippen LogP contribution in [0, 0.1) is 5.92 Å². The fourth-order valence-corrected chi connectivity index (χ4v) is 3.70. The first kappa shape index (κ1) is 12.9. The average Bonchev–Trinajstić information content (AvgIpc) is 2.77. The molecule has 0 spiro atoms. The van der Waals surface area contributed by atoms with Crippen LogP contribution in [0.3, 0.4) is 0 Å². The highest BCUT2D eigenvalue weighted by molar-refractivity contribution is 7.99. The summed E-state index contributed by atoms with van der Waals surface area (Å²) >= 11 is 1.81. The maximum atomic E-state index is 4.25. The number of thioether (sulfide) groups is 1. The summed E-state index contributed by atoms with van der Waals surface area (Å²) in [5.41, 5.74) is 0. The molecule has 1 atom stereocenters. The Kier molecular flexibility index (Phi) is 4.86. The van der Waals surface area contributed by atoms with Gasteiger partial charge in [0.15, 0.2) is 5.16 Å². The van der Waals surface area contributed by atoms with E-state index in [0.29, 0.717) is 6.04 Å². The molecular formula is C12H22N4S. The Morgan fingerprint density at radius 2 is 2.24 bits per heavy atom. The van der Waals surface area contributed by atoms with Crippen molar-refractivity contribution in [2.45, 2.75) is 43.3 Å². The molecule has 0 radical (unpaired) electrons. The van der Waals surface area contributed by atoms with E-state index in [2.05, 4.69) is 22.4 Å². The van der Waals surface area contributed by atoms with Gasteiger partial charge in [0, 0.05) is 18.8 Å². The molecule has 1 fully saturated rings. The molecular weight excluding hydrogens is 232 g/mol. The zero-order valence-corrected chi connectivity index (χ0v) is 11.5. The summed E-state index contributed by atoms with van der Waals surface area (Å²) in [6.07, 6.45) is 8.60. The number of nitrogens with zero attached hydrogens (tertiary/aromatic N) is 3. The van der Waals surface area contributed by atoms with Crippen LogP contribution < -0.4 is 5.32 Å². The topological polar surface area (TPSA) is 42.7 Å². The minimum atomic E-state index is 0.608. The van der Waals surface area contributed by atoms with Crippen molar-refractivity contribution in [2.75, 3.05) is 12.8 Å². The Bertz CT molecular complexity index is 333. The molecule has 0 saturated heterocycles. The zero-order valence-electron chi connectivity index (χ0n) is 10.7. The third-order valence-electron chi connectivity index (χ3n) is 3.65. The minimum absolute atomic E-state index is 0.608. The van der Waals surface area contributed by atoms with E-state index in [0.717, 1.165) is 16.8 Å². The number of nitrogens with one attached hydrogen (secondary N) is 1. The van der Waals surface area contributed by atoms with Gasteiger partial charge in [0.25, 0.3) is 0 Å². The highest BCUT2D eigenvalue weighted by Gasteiger charge is 2.22. The fourth-order valence-electron chi connectivity index (χ4n) is 2.57. The van der Waals surface area contributed by atoms with Gasteiger partial charge in [-0.1, -0.05) is 31.0 Å². The lowest BCUT2D eigenvalue weighted by Crippen LogP contribution is -2.37. The molecule has 0 amide bonds. The zero-order chi connectivity index (χ0) is 12.1. The summed E-state index contributed by atoms with van der Waals surface area (Å²) in [6, 6.07) is 0.608. The van der Waals surface area contributed by atoms with Gasteiger partial charge in [0.1, 0.15) is 6.33 Å². The molecule has 0 aromatic carbocycles. The predicted octanol–water partition coefficient (Wildman–Crippen LogP) is 2.08. The van der Waals surface area contributed by atoms with Crippen LogP contribution in [0.25, 0.3) is 0 Å². The van der Waals surface area contributed by atoms with Crippen molar-refractivity contribution in [1.82, 2.24) is 20.1 Å². The third-order valence-corrected chi connectivity index (χ3v) is 4.81. The van der Waals surface area contributed by atoms with Crippen LogP contribution in [0.5, 0.6) is 0 Å². The van der Waals surface area contributed by atoms with Crippen LogP contribution in [-0.4, -0.2) is 33.6 Å². The summed E-state index contributed by atoms with van der Waals surface area (Å²) in [6.45, 7) is 0. The summed E-state index contributed by atoms with van der Waals surface area (Å²) in [4.78, 5) is 4.25. The highest BCUT2D eigenvalue weighted by atomic mass is 32.2. The highest BCUT2D eigenvalue weighted by Crippen LogP contribution is 2.28. The minimum Gasteiger partial charge on any atom is -0.316 e. The summed E-state index contributed by atoms with van der Waals surface area (Å²) in [5, 5.41) is 8.59. The van der Waals surface area contributed by atoms with E-state index in [-0.39, 0.29) is 0 Å². The Morgan fingerprint density at radius 1 is 1.47 bits per heavy atom. The quantitative estimate of drug-likeness (QED) is 0.817. The molecule has 17 heavy (non-hydrogen) atoms. The molecule has 4 nitrogen and oxygen atoms in total. The van der Waals surface area contributed by atoms with E-state index < -0.39 is 0 Å². The molecule has 1 aromatic rings. The lowest BCUT2D eigenvalue weighted by atomic mass is 9.84. The average molecular weight is 254 g/mol. The smallest absolute Gasteiger partial charge is 0.185 e. The first-order valence-electron chi connectivity index (χ1n) is 6.45. The van der Waals surface area contributed by atoms with Gasteiger partial charge in [0.05, 0.1) is 0 Å². The molecule has 0 bridgehead atoms. The van der Waals surface area contributed by atoms with Crippen molar-refractivity contribution in [3.63, 3.8) is 0 Å². The second-order valence-corrected chi connectivity index (χ2v) is 5.76. The van der Waals surface area contributed by atoms with E-state index in [1.54, 1.807) is 18.1 Å². The van der Waals surface area contributed by atoms with Crippen LogP contribution in [0.2, 0.25) is 0 Å². The van der Waals surface area contributed by atoms with Crippen LogP contribution in [-0.2, 0) is 7.05 Å². The summed E-state index contributed by atoms with van der Waals surface area (Å²) in [5.74, 6) is 1.93. The van der Waals surface area contributed by atoms with Crippen LogP contribution in [0.15, 0.2) is 11.5 Å². The molecule has 1 N–H and O–H groups in total. The molecule has 1 aliphatic carbocycles. The van der Waals surface area contributed by atoms with Crippen molar-refractivity contribution < 1.29 is 0 Å². The molecule has 2 rings (SSSR count). The van der Waals surface area contributed by atoms with Gasteiger partial charge in [-0.3, -0.25) is 0 Å². The summed E-state index contributed by atoms with van der Waals surface area (Å²) < 4.78 is 1.85. The third kappa shape index (κ3) is 3.45. The summed E-state index contributed by atoms with van der Waals surface area (Å²) in [7, 11) is 4.03. The van der Waals surface area contributed by atoms with Crippen LogP contribution >= 0.6 is 11.8 Å². The Hall–Kier alpha value is -0.550. The number of aromatic nitrogens is 3. The van der Waals surface area contributed by atoms with E-state index in [9.17, 15) is 0 Å². The Morgan fingerprint density at radius 3 is 2.82 bits per heavy atom. The van der Waals surface area contributed by atoms with Gasteiger partial charge < -0.3 is 5.32 Å². The predicted molar refractivity (Wildman–Crippen MR) is 71.1 cm³/mol. The van der Waals surface area contributed by atoms with Crippen molar-refractivity contribution in [3.8, 4) is 0 Å². The second kappa shape index (κ2) is 6.40. The molecule has 1 aromatic heterocycles. The molecule has 96 valence electrons. The van der Waals surface area contributed by atoms with Gasteiger partial charge in [-0.2, -0.15) is 5.10 Å². The monoisotopic (exact) mass is 254 g/mol. The van der Waals surface area contributed by atoms with Crippen molar-refractivity contribution in [3.05, 3.63) is 6.33 Å². The van der Waals surface area contributed by atoms with E-state index in [1.165, 1.54) is 32.1 Å². The molecule has 1 saturated carbocycles. The van der Waals surface area contributed by atoms with Crippen molar-refractivity contribution >= 4 is 11.8 Å². The Balaban J connectivity index is 1.84. The molecule has 5 heteroatoms. The number of rotatable bonds is 5. The lowest BCUT2D eigenvalue weighted by Gasteiger charge is -2.29. The number of hydrogen-bond donors (Lipinski definition) is 1. The van der Waals surface area contributed by atoms with E-state index in [1.807, 2.05) is 11.7 Å². The maximum absolute atomic E-state index is 4.25. The van der Waals surface area contributed by atoms with E-state index in [4.69, 9.17) is 0 Å². The molecule has 0 aliphatic heterocycles. The molecule has 1 heterocycles. The molecule has 1 unspecified atom stereocenters. The van der Waals surface area contributed by atoms with Gasteiger partial charge in [0.2, 0.25) is 0 Å². The Labute approximate surface area is 108 Å². The van der Waals surface area contributed by atoms with Crippen LogP contribution in [0.1, 0.15) is 32.1 Å². The normalized spacial score (nSPS) is 19.4. The lowest BCUT2D eigenvalue weighted by molar-refractivity contribution is 0.294. The van der Waals surface area contributed by atoms with Crippen molar-refractivity contribution in [1.29, 1.82) is 0 Å². The largest absolute Gasteiger partial charge is 0.316 e. The number of aryl methyl sites for hydroxylation is 1. The second-order valence-electron chi connectivity index (χ2n) is 4.77. The van der Waals surface area contributed by atoms with Gasteiger partial charge in [-0.25, -0.2) is 9.67 Å². The maximum Gasteiger partial charge on any atom is 0.185 e. The first-order chi connectivity index (χ1) is 8.31. The van der Waals surface area contributed by atoms with Crippen LogP contribution in [0.4, 0.5) is 0 Å². The number of hydrogen-bond acceptors (Lipinski definition) is 4. The first-order valence-corrected chi connectivity index (χ1v) is 7.44. The van der Waals surface area contributed by atoms with Crippen molar-refractivity contribution in [2.24, 2.45) is 13.0 Å². The standard InChI is InChI=1S/C12H22N4S/c1-13-11(10-6-4-3-5-7-10)8-17-12-14-9-15-16(12)2/h9-11,13H,3-8H2,1-2H3. The van der Waals surface area contributed by atoms with Gasteiger partial charge >= 0.3 is 0 Å². The SMILES string of the molecule is CNC(CSc1ncnn1C)C1CCCCC1. The molecule has 1 aliphatic rings.